The molecule has 148 valence electrons. The number of nitrogens with zero attached hydrogens (tertiary/aromatic N) is 1. The van der Waals surface area contributed by atoms with Crippen molar-refractivity contribution in [2.24, 2.45) is 11.8 Å². The van der Waals surface area contributed by atoms with Gasteiger partial charge in [0, 0.05) is 35.2 Å². The predicted octanol–water partition coefficient (Wildman–Crippen LogP) is 4.71. The molecule has 28 heavy (non-hydrogen) atoms. The number of carbonyl (C=O) groups is 2. The molecule has 0 saturated heterocycles. The molecule has 2 aromatic rings. The monoisotopic (exact) mass is 399 g/mol. The van der Waals surface area contributed by atoms with Gasteiger partial charge in [0.25, 0.3) is 0 Å². The summed E-state index contributed by atoms with van der Waals surface area (Å²) in [6, 6.07) is 13.2. The maximum absolute atomic E-state index is 12.5. The summed E-state index contributed by atoms with van der Waals surface area (Å²) >= 11 is 6.09. The van der Waals surface area contributed by atoms with E-state index in [2.05, 4.69) is 29.4 Å². The molecule has 1 fully saturated rings. The predicted molar refractivity (Wildman–Crippen MR) is 115 cm³/mol. The fraction of sp³-hybridized carbons (Fsp3) is 0.364. The number of hydrogen-bond donors (Lipinski definition) is 2. The highest BCUT2D eigenvalue weighted by atomic mass is 35.5. The van der Waals surface area contributed by atoms with Crippen molar-refractivity contribution in [3.8, 4) is 0 Å². The number of amides is 2. The first-order chi connectivity index (χ1) is 13.4. The second-order valence-corrected chi connectivity index (χ2v) is 7.47. The van der Waals surface area contributed by atoms with Crippen LogP contribution in [0, 0.1) is 18.8 Å². The van der Waals surface area contributed by atoms with Crippen LogP contribution < -0.4 is 15.5 Å². The van der Waals surface area contributed by atoms with E-state index in [1.807, 2.05) is 37.3 Å². The summed E-state index contributed by atoms with van der Waals surface area (Å²) in [7, 11) is 0. The maximum Gasteiger partial charge on any atom is 0.228 e. The lowest BCUT2D eigenvalue weighted by molar-refractivity contribution is -0.122. The Hall–Kier alpha value is -2.53. The summed E-state index contributed by atoms with van der Waals surface area (Å²) in [6.45, 7) is 7.96. The third kappa shape index (κ3) is 4.47. The molecule has 0 bridgehead atoms. The molecular weight excluding hydrogens is 374 g/mol. The molecule has 2 aromatic carbocycles. The SMILES string of the molecule is CCN(CC)c1ccc(NC(=O)C2CC2C(=O)Nc2cccc(Cl)c2C)cc1. The Kier molecular flexibility index (Phi) is 6.25. The molecule has 2 N–H and O–H groups in total. The van der Waals surface area contributed by atoms with Crippen LogP contribution in [0.15, 0.2) is 42.5 Å². The number of halogens is 1. The number of carbonyl (C=O) groups excluding carboxylic acids is 2. The zero-order valence-electron chi connectivity index (χ0n) is 16.5. The molecular formula is C22H26ClN3O2. The molecule has 0 spiro atoms. The summed E-state index contributed by atoms with van der Waals surface area (Å²) in [5.41, 5.74) is 3.39. The van der Waals surface area contributed by atoms with Crippen LogP contribution in [0.2, 0.25) is 5.02 Å². The highest BCUT2D eigenvalue weighted by Crippen LogP contribution is 2.40. The van der Waals surface area contributed by atoms with Crippen LogP contribution in [0.5, 0.6) is 0 Å². The highest BCUT2D eigenvalue weighted by molar-refractivity contribution is 6.31. The number of benzene rings is 2. The second-order valence-electron chi connectivity index (χ2n) is 7.06. The van der Waals surface area contributed by atoms with Crippen molar-refractivity contribution in [1.29, 1.82) is 0 Å². The third-order valence-corrected chi connectivity index (χ3v) is 5.66. The summed E-state index contributed by atoms with van der Waals surface area (Å²) in [5.74, 6) is -0.837. The Morgan fingerprint density at radius 3 is 2.21 bits per heavy atom. The van der Waals surface area contributed by atoms with Crippen LogP contribution in [-0.4, -0.2) is 24.9 Å². The summed E-state index contributed by atoms with van der Waals surface area (Å²) in [6.07, 6.45) is 0.564. The summed E-state index contributed by atoms with van der Waals surface area (Å²) < 4.78 is 0. The van der Waals surface area contributed by atoms with Gasteiger partial charge in [0.15, 0.2) is 0 Å². The molecule has 6 heteroatoms. The van der Waals surface area contributed by atoms with E-state index in [-0.39, 0.29) is 23.7 Å². The second kappa shape index (κ2) is 8.65. The minimum atomic E-state index is -0.298. The Bertz CT molecular complexity index is 863. The Balaban J connectivity index is 1.55. The summed E-state index contributed by atoms with van der Waals surface area (Å²) in [4.78, 5) is 27.2. The number of hydrogen-bond acceptors (Lipinski definition) is 3. The average Bonchev–Trinajstić information content (AvgIpc) is 3.49. The van der Waals surface area contributed by atoms with Crippen molar-refractivity contribution >= 4 is 40.5 Å². The van der Waals surface area contributed by atoms with E-state index in [4.69, 9.17) is 11.6 Å². The molecule has 0 heterocycles. The van der Waals surface area contributed by atoms with E-state index >= 15 is 0 Å². The molecule has 0 aliphatic heterocycles. The zero-order chi connectivity index (χ0) is 20.3. The smallest absolute Gasteiger partial charge is 0.228 e. The van der Waals surface area contributed by atoms with Gasteiger partial charge in [0.2, 0.25) is 11.8 Å². The molecule has 1 aliphatic rings. The molecule has 0 radical (unpaired) electrons. The minimum Gasteiger partial charge on any atom is -0.372 e. The number of nitrogens with one attached hydrogen (secondary N) is 2. The van der Waals surface area contributed by atoms with Gasteiger partial charge in [-0.1, -0.05) is 17.7 Å². The van der Waals surface area contributed by atoms with Crippen LogP contribution in [0.3, 0.4) is 0 Å². The molecule has 2 atom stereocenters. The van der Waals surface area contributed by atoms with E-state index in [0.717, 1.165) is 30.0 Å². The van der Waals surface area contributed by atoms with Crippen LogP contribution in [0.4, 0.5) is 17.1 Å². The molecule has 2 unspecified atom stereocenters. The lowest BCUT2D eigenvalue weighted by Gasteiger charge is -2.21. The first-order valence-corrected chi connectivity index (χ1v) is 10.0. The van der Waals surface area contributed by atoms with E-state index in [1.165, 1.54) is 0 Å². The van der Waals surface area contributed by atoms with Gasteiger partial charge >= 0.3 is 0 Å². The molecule has 1 aliphatic carbocycles. The van der Waals surface area contributed by atoms with Crippen molar-refractivity contribution in [2.45, 2.75) is 27.2 Å². The van der Waals surface area contributed by atoms with Crippen molar-refractivity contribution in [3.05, 3.63) is 53.1 Å². The van der Waals surface area contributed by atoms with E-state index in [1.54, 1.807) is 12.1 Å². The lowest BCUT2D eigenvalue weighted by atomic mass is 10.2. The fourth-order valence-corrected chi connectivity index (χ4v) is 3.50. The van der Waals surface area contributed by atoms with Crippen LogP contribution in [0.25, 0.3) is 0 Å². The van der Waals surface area contributed by atoms with Gasteiger partial charge in [0.1, 0.15) is 0 Å². The number of anilines is 3. The molecule has 5 nitrogen and oxygen atoms in total. The Labute approximate surface area is 171 Å². The van der Waals surface area contributed by atoms with Gasteiger partial charge in [-0.25, -0.2) is 0 Å². The third-order valence-electron chi connectivity index (χ3n) is 5.25. The van der Waals surface area contributed by atoms with Gasteiger partial charge in [-0.05, 0) is 69.2 Å². The van der Waals surface area contributed by atoms with Gasteiger partial charge in [-0.3, -0.25) is 9.59 Å². The standard InChI is InChI=1S/C22H26ClN3O2/c1-4-26(5-2)16-11-9-15(10-12-16)24-21(27)17-13-18(17)22(28)25-20-8-6-7-19(23)14(20)3/h6-12,17-18H,4-5,13H2,1-3H3,(H,24,27)(H,25,28). The zero-order valence-corrected chi connectivity index (χ0v) is 17.2. The van der Waals surface area contributed by atoms with E-state index < -0.39 is 0 Å². The van der Waals surface area contributed by atoms with Crippen molar-refractivity contribution < 1.29 is 9.59 Å². The quantitative estimate of drug-likeness (QED) is 0.708. The normalized spacial score (nSPS) is 17.7. The molecule has 1 saturated carbocycles. The van der Waals surface area contributed by atoms with Crippen molar-refractivity contribution in [3.63, 3.8) is 0 Å². The van der Waals surface area contributed by atoms with Gasteiger partial charge in [-0.15, -0.1) is 0 Å². The largest absolute Gasteiger partial charge is 0.372 e. The van der Waals surface area contributed by atoms with Gasteiger partial charge < -0.3 is 15.5 Å². The van der Waals surface area contributed by atoms with Crippen molar-refractivity contribution in [2.75, 3.05) is 28.6 Å². The Morgan fingerprint density at radius 1 is 1.00 bits per heavy atom. The van der Waals surface area contributed by atoms with Crippen LogP contribution in [-0.2, 0) is 9.59 Å². The lowest BCUT2D eigenvalue weighted by Crippen LogP contribution is -2.22. The molecule has 3 rings (SSSR count). The van der Waals surface area contributed by atoms with E-state index in [9.17, 15) is 9.59 Å². The summed E-state index contributed by atoms with van der Waals surface area (Å²) in [5, 5.41) is 6.41. The topological polar surface area (TPSA) is 61.4 Å². The first kappa shape index (κ1) is 20.2. The van der Waals surface area contributed by atoms with Crippen LogP contribution in [0.1, 0.15) is 25.8 Å². The van der Waals surface area contributed by atoms with E-state index in [0.29, 0.717) is 17.1 Å². The molecule has 2 amide bonds. The van der Waals surface area contributed by atoms with Gasteiger partial charge in [-0.2, -0.15) is 0 Å². The average molecular weight is 400 g/mol. The van der Waals surface area contributed by atoms with Gasteiger partial charge in [0.05, 0.1) is 11.8 Å². The van der Waals surface area contributed by atoms with Crippen molar-refractivity contribution in [1.82, 2.24) is 0 Å². The van der Waals surface area contributed by atoms with Crippen LogP contribution >= 0.6 is 11.6 Å². The maximum atomic E-state index is 12.5. The molecule has 0 aromatic heterocycles. The fourth-order valence-electron chi connectivity index (χ4n) is 3.32. The Morgan fingerprint density at radius 2 is 1.61 bits per heavy atom. The minimum absolute atomic E-state index is 0.112. The highest BCUT2D eigenvalue weighted by Gasteiger charge is 2.48. The number of rotatable bonds is 7. The first-order valence-electron chi connectivity index (χ1n) is 9.66.